The van der Waals surface area contributed by atoms with E-state index in [0.29, 0.717) is 23.5 Å². The number of aromatic nitrogens is 1. The lowest BCUT2D eigenvalue weighted by Crippen LogP contribution is -2.72. The number of hydrogen-bond donors (Lipinski definition) is 2. The van der Waals surface area contributed by atoms with Crippen molar-refractivity contribution in [3.05, 3.63) is 24.5 Å². The van der Waals surface area contributed by atoms with Gasteiger partial charge in [-0.3, -0.25) is 4.99 Å². The zero-order valence-corrected chi connectivity index (χ0v) is 14.0. The summed E-state index contributed by atoms with van der Waals surface area (Å²) in [4.78, 5) is 4.78. The minimum Gasteiger partial charge on any atom is -0.377 e. The third kappa shape index (κ3) is 2.55. The van der Waals surface area contributed by atoms with Gasteiger partial charge in [0.2, 0.25) is 0 Å². The van der Waals surface area contributed by atoms with Crippen molar-refractivity contribution in [3.8, 4) is 0 Å². The molecule has 4 rings (SSSR count). The fourth-order valence-electron chi connectivity index (χ4n) is 4.72. The Morgan fingerprint density at radius 3 is 2.87 bits per heavy atom. The monoisotopic (exact) mass is 316 g/mol. The number of hydrogen-bond acceptors (Lipinski definition) is 2. The van der Waals surface area contributed by atoms with E-state index in [4.69, 9.17) is 9.73 Å². The van der Waals surface area contributed by atoms with Gasteiger partial charge in [0.05, 0.1) is 12.6 Å². The average molecular weight is 316 g/mol. The van der Waals surface area contributed by atoms with Gasteiger partial charge in [0.25, 0.3) is 0 Å². The quantitative estimate of drug-likeness (QED) is 0.645. The topological polar surface area (TPSA) is 50.6 Å². The SMILES string of the molecule is CCNC(=NCCn1cccc1)NC1C2CCOC2C12CCC2. The molecule has 1 aliphatic heterocycles. The van der Waals surface area contributed by atoms with Crippen molar-refractivity contribution in [2.24, 2.45) is 16.3 Å². The number of nitrogens with one attached hydrogen (secondary N) is 2. The minimum absolute atomic E-state index is 0.401. The van der Waals surface area contributed by atoms with Crippen LogP contribution < -0.4 is 10.6 Å². The second-order valence-electron chi connectivity index (χ2n) is 7.13. The maximum Gasteiger partial charge on any atom is 0.191 e. The van der Waals surface area contributed by atoms with Crippen LogP contribution in [0.5, 0.6) is 0 Å². The van der Waals surface area contributed by atoms with E-state index >= 15 is 0 Å². The molecule has 0 aromatic carbocycles. The van der Waals surface area contributed by atoms with Crippen LogP contribution in [0.25, 0.3) is 0 Å². The normalized spacial score (nSPS) is 31.3. The van der Waals surface area contributed by atoms with Crippen molar-refractivity contribution >= 4 is 5.96 Å². The number of nitrogens with zero attached hydrogens (tertiary/aromatic N) is 2. The average Bonchev–Trinajstić information content (AvgIpc) is 3.13. The number of ether oxygens (including phenoxy) is 1. The Bertz CT molecular complexity index is 549. The first-order valence-corrected chi connectivity index (χ1v) is 9.11. The molecule has 2 N–H and O–H groups in total. The van der Waals surface area contributed by atoms with Gasteiger partial charge in [0, 0.05) is 49.5 Å². The smallest absolute Gasteiger partial charge is 0.191 e. The molecule has 0 radical (unpaired) electrons. The highest BCUT2D eigenvalue weighted by Gasteiger charge is 2.66. The van der Waals surface area contributed by atoms with Crippen molar-refractivity contribution < 1.29 is 4.74 Å². The first kappa shape index (κ1) is 15.1. The van der Waals surface area contributed by atoms with Crippen LogP contribution in [0.1, 0.15) is 32.6 Å². The Labute approximate surface area is 138 Å². The molecule has 23 heavy (non-hydrogen) atoms. The van der Waals surface area contributed by atoms with E-state index in [1.54, 1.807) is 0 Å². The lowest BCUT2D eigenvalue weighted by atomic mass is 9.46. The van der Waals surface area contributed by atoms with Gasteiger partial charge in [0.15, 0.2) is 5.96 Å². The molecule has 5 heteroatoms. The molecule has 2 aliphatic carbocycles. The van der Waals surface area contributed by atoms with Gasteiger partial charge in [-0.2, -0.15) is 0 Å². The zero-order valence-electron chi connectivity index (χ0n) is 14.0. The highest BCUT2D eigenvalue weighted by atomic mass is 16.5. The fourth-order valence-corrected chi connectivity index (χ4v) is 4.72. The molecule has 0 amide bonds. The summed E-state index contributed by atoms with van der Waals surface area (Å²) in [5, 5.41) is 7.16. The van der Waals surface area contributed by atoms with Gasteiger partial charge in [-0.15, -0.1) is 0 Å². The summed E-state index contributed by atoms with van der Waals surface area (Å²) in [5.41, 5.74) is 0.401. The van der Waals surface area contributed by atoms with Crippen LogP contribution in [0, 0.1) is 11.3 Å². The molecule has 3 aliphatic rings. The Kier molecular flexibility index (Phi) is 4.05. The van der Waals surface area contributed by atoms with Gasteiger partial charge >= 0.3 is 0 Å². The molecule has 0 bridgehead atoms. The largest absolute Gasteiger partial charge is 0.377 e. The summed E-state index contributed by atoms with van der Waals surface area (Å²) in [5.74, 6) is 1.66. The third-order valence-electron chi connectivity index (χ3n) is 5.97. The van der Waals surface area contributed by atoms with Crippen molar-refractivity contribution in [2.75, 3.05) is 19.7 Å². The Morgan fingerprint density at radius 1 is 1.35 bits per heavy atom. The second kappa shape index (κ2) is 6.19. The lowest BCUT2D eigenvalue weighted by Gasteiger charge is -2.63. The predicted octanol–water partition coefficient (Wildman–Crippen LogP) is 2.00. The van der Waals surface area contributed by atoms with Crippen LogP contribution in [-0.4, -0.2) is 42.4 Å². The molecule has 1 spiro atoms. The first-order chi connectivity index (χ1) is 11.3. The molecule has 5 nitrogen and oxygen atoms in total. The van der Waals surface area contributed by atoms with Crippen LogP contribution in [-0.2, 0) is 11.3 Å². The van der Waals surface area contributed by atoms with Crippen molar-refractivity contribution in [3.63, 3.8) is 0 Å². The van der Waals surface area contributed by atoms with Crippen molar-refractivity contribution in [1.82, 2.24) is 15.2 Å². The van der Waals surface area contributed by atoms with Gasteiger partial charge < -0.3 is 19.9 Å². The lowest BCUT2D eigenvalue weighted by molar-refractivity contribution is -0.171. The molecule has 3 atom stereocenters. The molecule has 126 valence electrons. The first-order valence-electron chi connectivity index (χ1n) is 9.11. The fraction of sp³-hybridized carbons (Fsp3) is 0.722. The van der Waals surface area contributed by atoms with Crippen LogP contribution in [0.4, 0.5) is 0 Å². The van der Waals surface area contributed by atoms with E-state index in [-0.39, 0.29) is 0 Å². The van der Waals surface area contributed by atoms with Crippen LogP contribution in [0.2, 0.25) is 0 Å². The number of fused-ring (bicyclic) bond motifs is 2. The van der Waals surface area contributed by atoms with E-state index in [2.05, 4.69) is 46.7 Å². The van der Waals surface area contributed by atoms with Gasteiger partial charge in [-0.25, -0.2) is 0 Å². The zero-order chi connectivity index (χ0) is 15.7. The Hall–Kier alpha value is -1.49. The molecule has 2 saturated carbocycles. The number of guanidine groups is 1. The third-order valence-corrected chi connectivity index (χ3v) is 5.97. The van der Waals surface area contributed by atoms with Crippen LogP contribution in [0.15, 0.2) is 29.5 Å². The molecular formula is C18H28N4O. The molecule has 1 aromatic heterocycles. The van der Waals surface area contributed by atoms with E-state index < -0.39 is 0 Å². The van der Waals surface area contributed by atoms with Crippen molar-refractivity contribution in [1.29, 1.82) is 0 Å². The maximum atomic E-state index is 6.01. The summed E-state index contributed by atoms with van der Waals surface area (Å²) in [6.07, 6.45) is 9.87. The summed E-state index contributed by atoms with van der Waals surface area (Å²) in [7, 11) is 0. The van der Waals surface area contributed by atoms with E-state index in [1.165, 1.54) is 25.7 Å². The summed E-state index contributed by atoms with van der Waals surface area (Å²) < 4.78 is 8.18. The number of rotatable bonds is 5. The summed E-state index contributed by atoms with van der Waals surface area (Å²) in [6.45, 7) is 5.70. The van der Waals surface area contributed by atoms with E-state index in [1.807, 2.05) is 0 Å². The molecule has 2 heterocycles. The van der Waals surface area contributed by atoms with Gasteiger partial charge in [-0.05, 0) is 38.3 Å². The number of aliphatic imine (C=N–C) groups is 1. The summed E-state index contributed by atoms with van der Waals surface area (Å²) >= 11 is 0. The predicted molar refractivity (Wildman–Crippen MR) is 91.5 cm³/mol. The van der Waals surface area contributed by atoms with E-state index in [0.717, 1.165) is 32.2 Å². The van der Waals surface area contributed by atoms with Gasteiger partial charge in [0.1, 0.15) is 0 Å². The highest BCUT2D eigenvalue weighted by molar-refractivity contribution is 5.80. The maximum absolute atomic E-state index is 6.01. The molecule has 3 fully saturated rings. The van der Waals surface area contributed by atoms with E-state index in [9.17, 15) is 0 Å². The molecule has 3 unspecified atom stereocenters. The van der Waals surface area contributed by atoms with Crippen molar-refractivity contribution in [2.45, 2.75) is 51.3 Å². The molecule has 1 saturated heterocycles. The second-order valence-corrected chi connectivity index (χ2v) is 7.13. The molecule has 1 aromatic rings. The standard InChI is InChI=1S/C18H28N4O/c1-2-19-17(20-9-12-22-10-3-4-11-22)21-15-14-6-13-23-16(14)18(15)7-5-8-18/h3-4,10-11,14-16H,2,5-9,12-13H2,1H3,(H2,19,20,21). The Morgan fingerprint density at radius 2 is 2.17 bits per heavy atom. The van der Waals surface area contributed by atoms with Crippen LogP contribution >= 0.6 is 0 Å². The van der Waals surface area contributed by atoms with Crippen LogP contribution in [0.3, 0.4) is 0 Å². The van der Waals surface area contributed by atoms with Gasteiger partial charge in [-0.1, -0.05) is 6.42 Å². The minimum atomic E-state index is 0.401. The highest BCUT2D eigenvalue weighted by Crippen LogP contribution is 2.62. The Balaban J connectivity index is 1.39. The molecular weight excluding hydrogens is 288 g/mol. The summed E-state index contributed by atoms with van der Waals surface area (Å²) in [6, 6.07) is 4.66.